The molecule has 82 valence electrons. The van der Waals surface area contributed by atoms with Gasteiger partial charge in [-0.3, -0.25) is 4.99 Å². The molecule has 0 aromatic heterocycles. The number of aliphatic hydroxyl groups excluding tert-OH is 1. The van der Waals surface area contributed by atoms with E-state index in [4.69, 9.17) is 15.6 Å². The first-order valence-corrected chi connectivity index (χ1v) is 4.94. The average molecular weight is 201 g/mol. The highest BCUT2D eigenvalue weighted by Gasteiger charge is 2.20. The van der Waals surface area contributed by atoms with Gasteiger partial charge in [0.15, 0.2) is 5.96 Å². The van der Waals surface area contributed by atoms with Crippen molar-refractivity contribution < 1.29 is 9.84 Å². The van der Waals surface area contributed by atoms with Crippen molar-refractivity contribution in [1.82, 2.24) is 4.90 Å². The molecule has 1 heterocycles. The van der Waals surface area contributed by atoms with Gasteiger partial charge >= 0.3 is 0 Å². The summed E-state index contributed by atoms with van der Waals surface area (Å²) in [5, 5.41) is 8.94. The molecule has 0 aromatic rings. The Bertz CT molecular complexity index is 206. The van der Waals surface area contributed by atoms with Crippen LogP contribution < -0.4 is 5.73 Å². The normalized spacial score (nSPS) is 24.4. The molecule has 3 N–H and O–H groups in total. The monoisotopic (exact) mass is 201 g/mol. The SMILES string of the molecule is CC(C)N=C(N)N1CCOC(CO)C1. The van der Waals surface area contributed by atoms with E-state index in [1.807, 2.05) is 18.7 Å². The van der Waals surface area contributed by atoms with Crippen molar-refractivity contribution in [1.29, 1.82) is 0 Å². The van der Waals surface area contributed by atoms with Crippen molar-refractivity contribution in [3.63, 3.8) is 0 Å². The lowest BCUT2D eigenvalue weighted by Crippen LogP contribution is -2.50. The third-order valence-electron chi connectivity index (χ3n) is 2.06. The van der Waals surface area contributed by atoms with Crippen molar-refractivity contribution in [2.45, 2.75) is 26.0 Å². The third-order valence-corrected chi connectivity index (χ3v) is 2.06. The number of ether oxygens (including phenoxy) is 1. The lowest BCUT2D eigenvalue weighted by atomic mass is 10.3. The summed E-state index contributed by atoms with van der Waals surface area (Å²) in [7, 11) is 0. The third kappa shape index (κ3) is 3.16. The van der Waals surface area contributed by atoms with Crippen LogP contribution in [0.25, 0.3) is 0 Å². The molecule has 0 bridgehead atoms. The highest BCUT2D eigenvalue weighted by atomic mass is 16.5. The molecule has 1 aliphatic heterocycles. The minimum absolute atomic E-state index is 0.0332. The van der Waals surface area contributed by atoms with Crippen LogP contribution in [-0.4, -0.2) is 54.4 Å². The Labute approximate surface area is 84.6 Å². The molecule has 14 heavy (non-hydrogen) atoms. The van der Waals surface area contributed by atoms with Crippen molar-refractivity contribution in [2.75, 3.05) is 26.3 Å². The van der Waals surface area contributed by atoms with Crippen molar-refractivity contribution in [3.8, 4) is 0 Å². The molecule has 0 amide bonds. The van der Waals surface area contributed by atoms with Crippen molar-refractivity contribution >= 4 is 5.96 Å². The molecule has 0 saturated carbocycles. The number of aliphatic hydroxyl groups is 1. The standard InChI is InChI=1S/C9H19N3O2/c1-7(2)11-9(10)12-3-4-14-8(5-12)6-13/h7-8,13H,3-6H2,1-2H3,(H2,10,11). The molecule has 0 aromatic carbocycles. The number of morpholine rings is 1. The highest BCUT2D eigenvalue weighted by Crippen LogP contribution is 2.04. The predicted octanol–water partition coefficient (Wildman–Crippen LogP) is -0.597. The van der Waals surface area contributed by atoms with Gasteiger partial charge in [0.05, 0.1) is 19.3 Å². The Morgan fingerprint density at radius 2 is 2.43 bits per heavy atom. The van der Waals surface area contributed by atoms with Crippen LogP contribution in [0.3, 0.4) is 0 Å². The van der Waals surface area contributed by atoms with Crippen molar-refractivity contribution in [3.05, 3.63) is 0 Å². The Balaban J connectivity index is 2.51. The molecule has 1 atom stereocenters. The minimum atomic E-state index is -0.135. The highest BCUT2D eigenvalue weighted by molar-refractivity contribution is 5.78. The number of guanidine groups is 1. The number of nitrogens with zero attached hydrogens (tertiary/aromatic N) is 2. The largest absolute Gasteiger partial charge is 0.394 e. The van der Waals surface area contributed by atoms with Crippen LogP contribution >= 0.6 is 0 Å². The van der Waals surface area contributed by atoms with Gasteiger partial charge in [-0.1, -0.05) is 0 Å². The lowest BCUT2D eigenvalue weighted by molar-refractivity contribution is -0.0344. The van der Waals surface area contributed by atoms with Gasteiger partial charge in [0.1, 0.15) is 0 Å². The fourth-order valence-electron chi connectivity index (χ4n) is 1.38. The van der Waals surface area contributed by atoms with Gasteiger partial charge in [0.25, 0.3) is 0 Å². The lowest BCUT2D eigenvalue weighted by Gasteiger charge is -2.32. The summed E-state index contributed by atoms with van der Waals surface area (Å²) in [6.07, 6.45) is -0.135. The molecule has 1 rings (SSSR count). The van der Waals surface area contributed by atoms with E-state index in [-0.39, 0.29) is 18.8 Å². The molecule has 0 radical (unpaired) electrons. The molecule has 1 saturated heterocycles. The maximum absolute atomic E-state index is 8.94. The van der Waals surface area contributed by atoms with Gasteiger partial charge in [-0.25, -0.2) is 0 Å². The molecule has 5 nitrogen and oxygen atoms in total. The maximum atomic E-state index is 8.94. The molecule has 1 aliphatic rings. The number of hydrogen-bond donors (Lipinski definition) is 2. The zero-order valence-corrected chi connectivity index (χ0v) is 8.81. The Morgan fingerprint density at radius 1 is 1.71 bits per heavy atom. The fraction of sp³-hybridized carbons (Fsp3) is 0.889. The minimum Gasteiger partial charge on any atom is -0.394 e. The first-order valence-electron chi connectivity index (χ1n) is 4.94. The zero-order chi connectivity index (χ0) is 10.6. The van der Waals surface area contributed by atoms with Gasteiger partial charge in [-0.2, -0.15) is 0 Å². The van der Waals surface area contributed by atoms with Gasteiger partial charge < -0.3 is 20.5 Å². The van der Waals surface area contributed by atoms with Crippen LogP contribution in [-0.2, 0) is 4.74 Å². The fourth-order valence-corrected chi connectivity index (χ4v) is 1.38. The summed E-state index contributed by atoms with van der Waals surface area (Å²) in [6.45, 7) is 5.97. The van der Waals surface area contributed by atoms with Crippen LogP contribution in [0.2, 0.25) is 0 Å². The van der Waals surface area contributed by atoms with Crippen molar-refractivity contribution in [2.24, 2.45) is 10.7 Å². The first-order chi connectivity index (χ1) is 6.63. The van der Waals surface area contributed by atoms with Gasteiger partial charge in [-0.05, 0) is 13.8 Å². The second-order valence-electron chi connectivity index (χ2n) is 3.70. The predicted molar refractivity (Wildman–Crippen MR) is 55.2 cm³/mol. The van der Waals surface area contributed by atoms with E-state index in [1.54, 1.807) is 0 Å². The van der Waals surface area contributed by atoms with Crippen LogP contribution in [0.5, 0.6) is 0 Å². The molecule has 1 unspecified atom stereocenters. The van der Waals surface area contributed by atoms with E-state index in [2.05, 4.69) is 4.99 Å². The Hall–Kier alpha value is -0.810. The van der Waals surface area contributed by atoms with E-state index in [0.29, 0.717) is 19.1 Å². The van der Waals surface area contributed by atoms with Gasteiger partial charge in [-0.15, -0.1) is 0 Å². The van der Waals surface area contributed by atoms with E-state index < -0.39 is 0 Å². The summed E-state index contributed by atoms with van der Waals surface area (Å²) in [4.78, 5) is 6.20. The molecular formula is C9H19N3O2. The van der Waals surface area contributed by atoms with Crippen LogP contribution in [0.4, 0.5) is 0 Å². The summed E-state index contributed by atoms with van der Waals surface area (Å²) in [5.74, 6) is 0.543. The summed E-state index contributed by atoms with van der Waals surface area (Å²) in [5.41, 5.74) is 5.81. The number of hydrogen-bond acceptors (Lipinski definition) is 3. The second-order valence-corrected chi connectivity index (χ2v) is 3.70. The summed E-state index contributed by atoms with van der Waals surface area (Å²) < 4.78 is 5.31. The quantitative estimate of drug-likeness (QED) is 0.462. The molecule has 1 fully saturated rings. The number of rotatable bonds is 2. The number of aliphatic imine (C=N–C) groups is 1. The molecule has 0 spiro atoms. The van der Waals surface area contributed by atoms with Crippen LogP contribution in [0.1, 0.15) is 13.8 Å². The average Bonchev–Trinajstić information content (AvgIpc) is 2.17. The first kappa shape index (κ1) is 11.3. The number of nitrogens with two attached hydrogens (primary N) is 1. The van der Waals surface area contributed by atoms with E-state index in [9.17, 15) is 0 Å². The molecular weight excluding hydrogens is 182 g/mol. The topological polar surface area (TPSA) is 71.1 Å². The summed E-state index contributed by atoms with van der Waals surface area (Å²) >= 11 is 0. The van der Waals surface area contributed by atoms with Gasteiger partial charge in [0.2, 0.25) is 0 Å². The smallest absolute Gasteiger partial charge is 0.191 e. The zero-order valence-electron chi connectivity index (χ0n) is 8.81. The van der Waals surface area contributed by atoms with Crippen LogP contribution in [0.15, 0.2) is 4.99 Å². The Morgan fingerprint density at radius 3 is 3.00 bits per heavy atom. The van der Waals surface area contributed by atoms with E-state index in [0.717, 1.165) is 6.54 Å². The Kier molecular flexibility index (Phi) is 4.16. The van der Waals surface area contributed by atoms with E-state index in [1.165, 1.54) is 0 Å². The van der Waals surface area contributed by atoms with Crippen LogP contribution in [0, 0.1) is 0 Å². The second kappa shape index (κ2) is 5.17. The maximum Gasteiger partial charge on any atom is 0.191 e. The van der Waals surface area contributed by atoms with Gasteiger partial charge in [0, 0.05) is 19.1 Å². The van der Waals surface area contributed by atoms with E-state index >= 15 is 0 Å². The molecule has 5 heteroatoms. The summed E-state index contributed by atoms with van der Waals surface area (Å²) in [6, 6.07) is 0.199. The molecule has 0 aliphatic carbocycles.